The molecule has 3 N–H and O–H groups in total. The highest BCUT2D eigenvalue weighted by molar-refractivity contribution is 5.85. The smallest absolute Gasteiger partial charge is 0.223 e. The zero-order valence-electron chi connectivity index (χ0n) is 11.9. The van der Waals surface area contributed by atoms with Crippen LogP contribution < -0.4 is 11.1 Å². The molecule has 19 heavy (non-hydrogen) atoms. The Labute approximate surface area is 122 Å². The van der Waals surface area contributed by atoms with E-state index in [0.717, 1.165) is 12.8 Å². The maximum atomic E-state index is 12.2. The summed E-state index contributed by atoms with van der Waals surface area (Å²) in [5.74, 6) is 1.49. The van der Waals surface area contributed by atoms with Gasteiger partial charge < -0.3 is 15.8 Å². The number of carbonyl (C=O) groups is 1. The first-order valence-corrected chi connectivity index (χ1v) is 7.16. The van der Waals surface area contributed by atoms with Crippen molar-refractivity contribution in [3.05, 3.63) is 0 Å². The Kier molecular flexibility index (Phi) is 6.57. The van der Waals surface area contributed by atoms with Crippen LogP contribution in [0.3, 0.4) is 0 Å². The number of carbonyl (C=O) groups excluding carboxylic acids is 1. The topological polar surface area (TPSA) is 64.3 Å². The first-order valence-electron chi connectivity index (χ1n) is 7.16. The summed E-state index contributed by atoms with van der Waals surface area (Å²) in [4.78, 5) is 12.2. The van der Waals surface area contributed by atoms with Gasteiger partial charge in [-0.25, -0.2) is 0 Å². The minimum Gasteiger partial charge on any atom is -0.383 e. The summed E-state index contributed by atoms with van der Waals surface area (Å²) in [6, 6.07) is 0.428. The van der Waals surface area contributed by atoms with E-state index in [2.05, 4.69) is 5.32 Å². The summed E-state index contributed by atoms with van der Waals surface area (Å²) in [6.07, 6.45) is 5.65. The van der Waals surface area contributed by atoms with Crippen molar-refractivity contribution < 1.29 is 9.53 Å². The van der Waals surface area contributed by atoms with E-state index < -0.39 is 0 Å². The average molecular weight is 291 g/mol. The third-order valence-corrected chi connectivity index (χ3v) is 4.59. The van der Waals surface area contributed by atoms with Crippen LogP contribution in [0, 0.1) is 17.8 Å². The van der Waals surface area contributed by atoms with E-state index >= 15 is 0 Å². The van der Waals surface area contributed by atoms with Crippen molar-refractivity contribution in [1.82, 2.24) is 5.32 Å². The molecule has 5 heteroatoms. The highest BCUT2D eigenvalue weighted by Gasteiger charge is 2.40. The van der Waals surface area contributed by atoms with Crippen LogP contribution in [0.4, 0.5) is 0 Å². The molecule has 2 fully saturated rings. The molecule has 2 bridgehead atoms. The molecule has 2 saturated carbocycles. The Balaban J connectivity index is 0.00000180. The molecule has 0 aromatic heterocycles. The molecule has 2 rings (SSSR count). The second-order valence-corrected chi connectivity index (χ2v) is 6.06. The van der Waals surface area contributed by atoms with Gasteiger partial charge in [0.05, 0.1) is 6.61 Å². The van der Waals surface area contributed by atoms with Gasteiger partial charge in [-0.1, -0.05) is 6.42 Å². The molecule has 0 aromatic rings. The van der Waals surface area contributed by atoms with E-state index in [1.165, 1.54) is 19.3 Å². The lowest BCUT2D eigenvalue weighted by atomic mass is 9.65. The predicted molar refractivity (Wildman–Crippen MR) is 78.3 cm³/mol. The Morgan fingerprint density at radius 3 is 2.47 bits per heavy atom. The van der Waals surface area contributed by atoms with Crippen LogP contribution in [-0.4, -0.2) is 31.7 Å². The Morgan fingerprint density at radius 2 is 1.95 bits per heavy atom. The third kappa shape index (κ3) is 4.07. The highest BCUT2D eigenvalue weighted by atomic mass is 35.5. The molecule has 3 atom stereocenters. The number of fused-ring (bicyclic) bond motifs is 2. The molecular weight excluding hydrogens is 264 g/mol. The van der Waals surface area contributed by atoms with Crippen LogP contribution in [0.1, 0.15) is 39.0 Å². The van der Waals surface area contributed by atoms with Crippen molar-refractivity contribution in [2.75, 3.05) is 13.7 Å². The van der Waals surface area contributed by atoms with Crippen LogP contribution in [-0.2, 0) is 9.53 Å². The SMILES string of the molecule is COC[C@@H](C)NC(=O)C1CC2CCCC(C1)C2N.Cl. The van der Waals surface area contributed by atoms with Crippen molar-refractivity contribution in [3.63, 3.8) is 0 Å². The molecule has 0 saturated heterocycles. The van der Waals surface area contributed by atoms with Crippen molar-refractivity contribution in [2.24, 2.45) is 23.5 Å². The molecule has 2 unspecified atom stereocenters. The van der Waals surface area contributed by atoms with E-state index in [0.29, 0.717) is 24.5 Å². The summed E-state index contributed by atoms with van der Waals surface area (Å²) in [5, 5.41) is 3.05. The number of hydrogen-bond donors (Lipinski definition) is 2. The van der Waals surface area contributed by atoms with Gasteiger partial charge in [0, 0.05) is 25.1 Å². The lowest BCUT2D eigenvalue weighted by Gasteiger charge is -2.43. The fraction of sp³-hybridized carbons (Fsp3) is 0.929. The summed E-state index contributed by atoms with van der Waals surface area (Å²) < 4.78 is 5.05. The van der Waals surface area contributed by atoms with Gasteiger partial charge in [-0.15, -0.1) is 12.4 Å². The normalized spacial score (nSPS) is 35.1. The van der Waals surface area contributed by atoms with Crippen molar-refractivity contribution in [1.29, 1.82) is 0 Å². The summed E-state index contributed by atoms with van der Waals surface area (Å²) in [6.45, 7) is 2.56. The van der Waals surface area contributed by atoms with Gasteiger partial charge in [0.25, 0.3) is 0 Å². The van der Waals surface area contributed by atoms with E-state index in [1.807, 2.05) is 6.92 Å². The number of hydrogen-bond acceptors (Lipinski definition) is 3. The molecule has 112 valence electrons. The van der Waals surface area contributed by atoms with E-state index in [4.69, 9.17) is 10.5 Å². The number of halogens is 1. The standard InChI is InChI=1S/C14H26N2O2.ClH/c1-9(8-18-2)16-14(17)12-6-10-4-3-5-11(7-12)13(10)15;/h9-13H,3-8,15H2,1-2H3,(H,16,17);1H/t9-,10?,11?,12?,13?;/m1./s1. The van der Waals surface area contributed by atoms with Gasteiger partial charge in [-0.05, 0) is 44.4 Å². The van der Waals surface area contributed by atoms with Crippen molar-refractivity contribution in [3.8, 4) is 0 Å². The minimum absolute atomic E-state index is 0. The van der Waals surface area contributed by atoms with Crippen LogP contribution >= 0.6 is 12.4 Å². The molecule has 1 amide bonds. The number of ether oxygens (including phenoxy) is 1. The zero-order valence-corrected chi connectivity index (χ0v) is 12.7. The fourth-order valence-corrected chi connectivity index (χ4v) is 3.66. The molecule has 2 aliphatic carbocycles. The predicted octanol–water partition coefficient (Wildman–Crippen LogP) is 1.71. The number of nitrogens with one attached hydrogen (secondary N) is 1. The second kappa shape index (κ2) is 7.46. The van der Waals surface area contributed by atoms with Crippen LogP contribution in [0.25, 0.3) is 0 Å². The first kappa shape index (κ1) is 16.7. The fourth-order valence-electron chi connectivity index (χ4n) is 3.66. The summed E-state index contributed by atoms with van der Waals surface area (Å²) in [7, 11) is 1.66. The molecule has 0 spiro atoms. The molecule has 0 aromatic carbocycles. The summed E-state index contributed by atoms with van der Waals surface area (Å²) >= 11 is 0. The number of nitrogens with two attached hydrogens (primary N) is 1. The number of methoxy groups -OCH3 is 1. The molecule has 0 radical (unpaired) electrons. The largest absolute Gasteiger partial charge is 0.383 e. The van der Waals surface area contributed by atoms with Gasteiger partial charge in [-0.2, -0.15) is 0 Å². The van der Waals surface area contributed by atoms with E-state index in [1.54, 1.807) is 7.11 Å². The van der Waals surface area contributed by atoms with Gasteiger partial charge in [0.2, 0.25) is 5.91 Å². The summed E-state index contributed by atoms with van der Waals surface area (Å²) in [5.41, 5.74) is 6.24. The lowest BCUT2D eigenvalue weighted by molar-refractivity contribution is -0.128. The van der Waals surface area contributed by atoms with E-state index in [-0.39, 0.29) is 30.3 Å². The molecular formula is C14H27ClN2O2. The van der Waals surface area contributed by atoms with Crippen molar-refractivity contribution in [2.45, 2.75) is 51.1 Å². The monoisotopic (exact) mass is 290 g/mol. The average Bonchev–Trinajstić information content (AvgIpc) is 2.28. The molecule has 4 nitrogen and oxygen atoms in total. The highest BCUT2D eigenvalue weighted by Crippen LogP contribution is 2.41. The van der Waals surface area contributed by atoms with Gasteiger partial charge >= 0.3 is 0 Å². The maximum Gasteiger partial charge on any atom is 0.223 e. The maximum absolute atomic E-state index is 12.2. The Bertz CT molecular complexity index is 287. The molecule has 2 aliphatic rings. The Morgan fingerprint density at radius 1 is 1.37 bits per heavy atom. The third-order valence-electron chi connectivity index (χ3n) is 4.59. The van der Waals surface area contributed by atoms with E-state index in [9.17, 15) is 4.79 Å². The zero-order chi connectivity index (χ0) is 13.1. The van der Waals surface area contributed by atoms with Crippen molar-refractivity contribution >= 4 is 18.3 Å². The molecule has 0 heterocycles. The van der Waals surface area contributed by atoms with Crippen LogP contribution in [0.15, 0.2) is 0 Å². The lowest BCUT2D eigenvalue weighted by Crippen LogP contribution is -2.50. The second-order valence-electron chi connectivity index (χ2n) is 6.06. The minimum atomic E-state index is 0. The number of amides is 1. The number of rotatable bonds is 4. The quantitative estimate of drug-likeness (QED) is 0.828. The van der Waals surface area contributed by atoms with Crippen LogP contribution in [0.5, 0.6) is 0 Å². The van der Waals surface area contributed by atoms with Gasteiger partial charge in [0.15, 0.2) is 0 Å². The first-order chi connectivity index (χ1) is 8.61. The Hall–Kier alpha value is -0.320. The van der Waals surface area contributed by atoms with Gasteiger partial charge in [0.1, 0.15) is 0 Å². The van der Waals surface area contributed by atoms with Gasteiger partial charge in [-0.3, -0.25) is 4.79 Å². The molecule has 0 aliphatic heterocycles. The van der Waals surface area contributed by atoms with Crippen LogP contribution in [0.2, 0.25) is 0 Å².